The van der Waals surface area contributed by atoms with Crippen LogP contribution in [0.25, 0.3) is 0 Å². The number of amides is 1. The third-order valence-electron chi connectivity index (χ3n) is 2.50. The molecule has 6 nitrogen and oxygen atoms in total. The zero-order chi connectivity index (χ0) is 13.5. The number of rotatable bonds is 5. The van der Waals surface area contributed by atoms with Crippen LogP contribution < -0.4 is 5.32 Å². The standard InChI is InChI=1S/C12H17N3O3/c1-8(2)9(3)15-11(16)7-18-12(17)10-6-13-4-5-14-10/h4-6,8-9H,7H2,1-3H3,(H,15,16). The average molecular weight is 251 g/mol. The second-order valence-electron chi connectivity index (χ2n) is 4.27. The third-order valence-corrected chi connectivity index (χ3v) is 2.50. The van der Waals surface area contributed by atoms with Crippen LogP contribution in [0.3, 0.4) is 0 Å². The lowest BCUT2D eigenvalue weighted by molar-refractivity contribution is -0.125. The van der Waals surface area contributed by atoms with Gasteiger partial charge in [-0.25, -0.2) is 9.78 Å². The van der Waals surface area contributed by atoms with Crippen molar-refractivity contribution >= 4 is 11.9 Å². The van der Waals surface area contributed by atoms with Gasteiger partial charge in [0.05, 0.1) is 6.20 Å². The Morgan fingerprint density at radius 3 is 2.61 bits per heavy atom. The molecule has 0 bridgehead atoms. The van der Waals surface area contributed by atoms with E-state index in [1.54, 1.807) is 0 Å². The number of carbonyl (C=O) groups is 2. The van der Waals surface area contributed by atoms with Crippen molar-refractivity contribution in [2.75, 3.05) is 6.61 Å². The minimum atomic E-state index is -0.657. The number of nitrogens with zero attached hydrogens (tertiary/aromatic N) is 2. The van der Waals surface area contributed by atoms with Crippen molar-refractivity contribution in [1.82, 2.24) is 15.3 Å². The predicted molar refractivity (Wildman–Crippen MR) is 64.8 cm³/mol. The highest BCUT2D eigenvalue weighted by molar-refractivity contribution is 5.89. The van der Waals surface area contributed by atoms with E-state index >= 15 is 0 Å². The van der Waals surface area contributed by atoms with Gasteiger partial charge < -0.3 is 10.1 Å². The Bertz CT molecular complexity index is 406. The van der Waals surface area contributed by atoms with E-state index in [-0.39, 0.29) is 24.2 Å². The molecular weight excluding hydrogens is 234 g/mol. The highest BCUT2D eigenvalue weighted by atomic mass is 16.5. The Morgan fingerprint density at radius 1 is 1.33 bits per heavy atom. The maximum Gasteiger partial charge on any atom is 0.359 e. The zero-order valence-corrected chi connectivity index (χ0v) is 10.7. The van der Waals surface area contributed by atoms with Gasteiger partial charge >= 0.3 is 5.97 Å². The van der Waals surface area contributed by atoms with Gasteiger partial charge in [-0.3, -0.25) is 9.78 Å². The smallest absolute Gasteiger partial charge is 0.359 e. The van der Waals surface area contributed by atoms with Crippen LogP contribution >= 0.6 is 0 Å². The molecule has 0 radical (unpaired) electrons. The predicted octanol–water partition coefficient (Wildman–Crippen LogP) is 0.794. The Hall–Kier alpha value is -1.98. The van der Waals surface area contributed by atoms with Gasteiger partial charge in [0.2, 0.25) is 0 Å². The van der Waals surface area contributed by atoms with Crippen LogP contribution in [0, 0.1) is 5.92 Å². The van der Waals surface area contributed by atoms with Crippen molar-refractivity contribution in [3.8, 4) is 0 Å². The van der Waals surface area contributed by atoms with Gasteiger partial charge in [0.15, 0.2) is 12.3 Å². The minimum Gasteiger partial charge on any atom is -0.451 e. The molecule has 0 aliphatic rings. The van der Waals surface area contributed by atoms with E-state index < -0.39 is 5.97 Å². The van der Waals surface area contributed by atoms with E-state index in [1.165, 1.54) is 18.6 Å². The maximum atomic E-state index is 11.5. The fraction of sp³-hybridized carbons (Fsp3) is 0.500. The SMILES string of the molecule is CC(C)C(C)NC(=O)COC(=O)c1cnccn1. The van der Waals surface area contributed by atoms with Gasteiger partial charge in [-0.2, -0.15) is 0 Å². The average Bonchev–Trinajstić information content (AvgIpc) is 2.36. The molecule has 1 unspecified atom stereocenters. The van der Waals surface area contributed by atoms with Gasteiger partial charge in [0.1, 0.15) is 0 Å². The summed E-state index contributed by atoms with van der Waals surface area (Å²) >= 11 is 0. The molecule has 0 aliphatic carbocycles. The first-order valence-electron chi connectivity index (χ1n) is 5.73. The summed E-state index contributed by atoms with van der Waals surface area (Å²) in [5, 5.41) is 2.73. The van der Waals surface area contributed by atoms with Crippen LogP contribution in [0.5, 0.6) is 0 Å². The number of carbonyl (C=O) groups excluding carboxylic acids is 2. The van der Waals surface area contributed by atoms with Crippen LogP contribution in [0.15, 0.2) is 18.6 Å². The lowest BCUT2D eigenvalue weighted by Gasteiger charge is -2.17. The van der Waals surface area contributed by atoms with Crippen LogP contribution in [0.4, 0.5) is 0 Å². The summed E-state index contributed by atoms with van der Waals surface area (Å²) in [4.78, 5) is 30.5. The first-order valence-corrected chi connectivity index (χ1v) is 5.73. The van der Waals surface area contributed by atoms with E-state index in [4.69, 9.17) is 4.74 Å². The van der Waals surface area contributed by atoms with E-state index in [2.05, 4.69) is 15.3 Å². The molecule has 0 aromatic carbocycles. The molecule has 6 heteroatoms. The highest BCUT2D eigenvalue weighted by Crippen LogP contribution is 1.99. The number of ether oxygens (including phenoxy) is 1. The van der Waals surface area contributed by atoms with E-state index in [1.807, 2.05) is 20.8 Å². The maximum absolute atomic E-state index is 11.5. The second kappa shape index (κ2) is 6.68. The summed E-state index contributed by atoms with van der Waals surface area (Å²) in [6.07, 6.45) is 4.13. The Kier molecular flexibility index (Phi) is 5.23. The van der Waals surface area contributed by atoms with E-state index in [0.717, 1.165) is 0 Å². The molecule has 1 rings (SSSR count). The fourth-order valence-electron chi connectivity index (χ4n) is 1.07. The van der Waals surface area contributed by atoms with Gasteiger partial charge in [-0.1, -0.05) is 13.8 Å². The molecule has 0 saturated heterocycles. The molecule has 1 atom stereocenters. The number of esters is 1. The first-order chi connectivity index (χ1) is 8.50. The summed E-state index contributed by atoms with van der Waals surface area (Å²) in [6.45, 7) is 5.58. The molecule has 1 amide bonds. The second-order valence-corrected chi connectivity index (χ2v) is 4.27. The summed E-state index contributed by atoms with van der Waals surface area (Å²) in [5.74, 6) is -0.659. The topological polar surface area (TPSA) is 81.2 Å². The number of hydrogen-bond donors (Lipinski definition) is 1. The van der Waals surface area contributed by atoms with Gasteiger partial charge in [0, 0.05) is 18.4 Å². The van der Waals surface area contributed by atoms with Crippen LogP contribution in [-0.4, -0.2) is 34.5 Å². The minimum absolute atomic E-state index is 0.0349. The van der Waals surface area contributed by atoms with Gasteiger partial charge in [-0.05, 0) is 12.8 Å². The molecule has 0 fully saturated rings. The van der Waals surface area contributed by atoms with Crippen molar-refractivity contribution < 1.29 is 14.3 Å². The van der Waals surface area contributed by atoms with Crippen molar-refractivity contribution in [3.05, 3.63) is 24.3 Å². The van der Waals surface area contributed by atoms with Crippen LogP contribution in [-0.2, 0) is 9.53 Å². The van der Waals surface area contributed by atoms with Crippen molar-refractivity contribution in [3.63, 3.8) is 0 Å². The molecular formula is C12H17N3O3. The Labute approximate surface area is 106 Å². The summed E-state index contributed by atoms with van der Waals surface area (Å²) in [5.41, 5.74) is 0.0854. The molecule has 1 heterocycles. The Balaban J connectivity index is 2.37. The summed E-state index contributed by atoms with van der Waals surface area (Å²) < 4.78 is 4.82. The lowest BCUT2D eigenvalue weighted by Crippen LogP contribution is -2.38. The molecule has 0 aliphatic heterocycles. The molecule has 1 aromatic heterocycles. The molecule has 0 saturated carbocycles. The number of aromatic nitrogens is 2. The van der Waals surface area contributed by atoms with Crippen LogP contribution in [0.2, 0.25) is 0 Å². The fourth-order valence-corrected chi connectivity index (χ4v) is 1.07. The van der Waals surface area contributed by atoms with E-state index in [9.17, 15) is 9.59 Å². The molecule has 98 valence electrons. The van der Waals surface area contributed by atoms with Gasteiger partial charge in [-0.15, -0.1) is 0 Å². The van der Waals surface area contributed by atoms with Gasteiger partial charge in [0.25, 0.3) is 5.91 Å². The third kappa shape index (κ3) is 4.48. The number of hydrogen-bond acceptors (Lipinski definition) is 5. The molecule has 1 N–H and O–H groups in total. The first kappa shape index (κ1) is 14.1. The quantitative estimate of drug-likeness (QED) is 0.783. The molecule has 0 spiro atoms. The lowest BCUT2D eigenvalue weighted by atomic mass is 10.1. The highest BCUT2D eigenvalue weighted by Gasteiger charge is 2.14. The van der Waals surface area contributed by atoms with Crippen LogP contribution in [0.1, 0.15) is 31.3 Å². The van der Waals surface area contributed by atoms with Crippen molar-refractivity contribution in [1.29, 1.82) is 0 Å². The van der Waals surface area contributed by atoms with Crippen molar-refractivity contribution in [2.45, 2.75) is 26.8 Å². The normalized spacial score (nSPS) is 12.0. The summed E-state index contributed by atoms with van der Waals surface area (Å²) in [6, 6.07) is 0.0349. The van der Waals surface area contributed by atoms with Crippen molar-refractivity contribution in [2.24, 2.45) is 5.92 Å². The molecule has 1 aromatic rings. The molecule has 18 heavy (non-hydrogen) atoms. The Morgan fingerprint density at radius 2 is 2.06 bits per heavy atom. The van der Waals surface area contributed by atoms with E-state index in [0.29, 0.717) is 5.92 Å². The number of nitrogens with one attached hydrogen (secondary N) is 1. The zero-order valence-electron chi connectivity index (χ0n) is 10.7. The monoisotopic (exact) mass is 251 g/mol. The summed E-state index contributed by atoms with van der Waals surface area (Å²) in [7, 11) is 0. The largest absolute Gasteiger partial charge is 0.451 e.